The van der Waals surface area contributed by atoms with Gasteiger partial charge in [-0.2, -0.15) is 5.10 Å². The lowest BCUT2D eigenvalue weighted by molar-refractivity contribution is -0.156. The van der Waals surface area contributed by atoms with Crippen LogP contribution in [0.4, 0.5) is 0 Å². The van der Waals surface area contributed by atoms with Crippen LogP contribution in [0.25, 0.3) is 0 Å². The zero-order valence-electron chi connectivity index (χ0n) is 17.4. The molecule has 33 heavy (non-hydrogen) atoms. The Morgan fingerprint density at radius 3 is 2.70 bits per heavy atom. The molecule has 14 heteroatoms. The second-order valence-corrected chi connectivity index (χ2v) is 10.6. The van der Waals surface area contributed by atoms with Crippen molar-refractivity contribution >= 4 is 39.7 Å². The molecular weight excluding hydrogens is 460 g/mol. The van der Waals surface area contributed by atoms with Crippen LogP contribution >= 0.6 is 0 Å². The highest BCUT2D eigenvalue weighted by atomic mass is 32.2. The number of phenolic OH excluding ortho intramolecular Hbond substituents is 2. The third-order valence-corrected chi connectivity index (χ3v) is 8.65. The van der Waals surface area contributed by atoms with Gasteiger partial charge in [-0.25, -0.2) is 23.6 Å². The van der Waals surface area contributed by atoms with Gasteiger partial charge in [0.25, 0.3) is 5.91 Å². The first-order valence-corrected chi connectivity index (χ1v) is 11.3. The maximum Gasteiger partial charge on any atom is 0.328 e. The molecule has 13 nitrogen and oxygen atoms in total. The van der Waals surface area contributed by atoms with Crippen molar-refractivity contribution in [1.82, 2.24) is 10.3 Å². The van der Waals surface area contributed by atoms with Crippen LogP contribution in [0.5, 0.6) is 11.5 Å². The Labute approximate surface area is 187 Å². The van der Waals surface area contributed by atoms with Crippen LogP contribution in [0.2, 0.25) is 0 Å². The number of hydrogen-bond donors (Lipinski definition) is 4. The summed E-state index contributed by atoms with van der Waals surface area (Å²) >= 11 is 0. The Hall–Kier alpha value is -3.68. The number of benzene rings is 1. The number of β-lactam (4-membered cyclic amide) rings is 1. The van der Waals surface area contributed by atoms with Crippen molar-refractivity contribution in [2.75, 3.05) is 0 Å². The Morgan fingerprint density at radius 1 is 1.36 bits per heavy atom. The summed E-state index contributed by atoms with van der Waals surface area (Å²) in [4.78, 5) is 41.0. The molecule has 2 fully saturated rings. The molecule has 3 aliphatic rings. The van der Waals surface area contributed by atoms with E-state index in [4.69, 9.17) is 4.74 Å². The normalized spacial score (nSPS) is 32.1. The predicted molar refractivity (Wildman–Crippen MR) is 111 cm³/mol. The number of hydrazone groups is 1. The predicted octanol–water partition coefficient (Wildman–Crippen LogP) is -1.07. The van der Waals surface area contributed by atoms with Crippen molar-refractivity contribution in [1.29, 1.82) is 0 Å². The molecule has 1 aromatic rings. The third-order valence-electron chi connectivity index (χ3n) is 5.98. The number of aromatic hydroxyl groups is 2. The van der Waals surface area contributed by atoms with E-state index in [1.54, 1.807) is 0 Å². The summed E-state index contributed by atoms with van der Waals surface area (Å²) in [6, 6.07) is 1.34. The van der Waals surface area contributed by atoms with E-state index in [0.717, 1.165) is 18.0 Å². The third kappa shape index (κ3) is 3.20. The summed E-state index contributed by atoms with van der Waals surface area (Å²) in [6.07, 6.45) is -0.288. The highest BCUT2D eigenvalue weighted by Crippen LogP contribution is 2.45. The maximum absolute atomic E-state index is 12.8. The van der Waals surface area contributed by atoms with Crippen molar-refractivity contribution in [2.24, 2.45) is 10.1 Å². The topological polar surface area (TPSA) is 195 Å². The Morgan fingerprint density at radius 2 is 2.06 bits per heavy atom. The molecule has 0 aliphatic carbocycles. The number of carboxylic acids is 1. The average molecular weight is 480 g/mol. The van der Waals surface area contributed by atoms with Crippen molar-refractivity contribution in [3.63, 3.8) is 0 Å². The van der Waals surface area contributed by atoms with Crippen LogP contribution in [0.3, 0.4) is 0 Å². The molecular formula is C19H20N4O9S. The number of carbonyl (C=O) groups excluding carboxylic acids is 2. The van der Waals surface area contributed by atoms with Gasteiger partial charge in [-0.15, -0.1) is 0 Å². The number of ether oxygens (including phenoxy) is 1. The number of amides is 2. The summed E-state index contributed by atoms with van der Waals surface area (Å²) in [5.74, 6) is -3.83. The number of aliphatic carboxylic acids is 1. The minimum absolute atomic E-state index is 0.0729. The summed E-state index contributed by atoms with van der Waals surface area (Å²) in [7, 11) is -4.12. The molecule has 3 heterocycles. The maximum atomic E-state index is 12.8. The van der Waals surface area contributed by atoms with Crippen LogP contribution in [0, 0.1) is 0 Å². The van der Waals surface area contributed by atoms with Crippen LogP contribution < -0.4 is 5.43 Å². The molecule has 2 amide bonds. The van der Waals surface area contributed by atoms with E-state index < -0.39 is 67.4 Å². The molecule has 3 aliphatic heterocycles. The van der Waals surface area contributed by atoms with Gasteiger partial charge >= 0.3 is 5.97 Å². The summed E-state index contributed by atoms with van der Waals surface area (Å²) in [5, 5.41) is 31.6. The molecule has 0 unspecified atom stereocenters. The minimum Gasteiger partial charge on any atom is -0.504 e. The molecule has 1 aromatic carbocycles. The molecule has 4 N–H and O–H groups in total. The van der Waals surface area contributed by atoms with E-state index in [-0.39, 0.29) is 17.9 Å². The van der Waals surface area contributed by atoms with Gasteiger partial charge < -0.3 is 25.0 Å². The van der Waals surface area contributed by atoms with Crippen LogP contribution in [0.15, 0.2) is 28.3 Å². The lowest BCUT2D eigenvalue weighted by Gasteiger charge is -2.35. The SMILES string of the molecule is C[C@H]1OC(c2cccc(O)c2O)=N[C@@H]1C(=O)N/N=C/[C@@]1(C)[C@H](C(=O)O)N2C(=O)C[C@H]2S1(=O)=O. The summed E-state index contributed by atoms with van der Waals surface area (Å²) in [5.41, 5.74) is 2.21. The molecule has 0 aromatic heterocycles. The van der Waals surface area contributed by atoms with Crippen LogP contribution in [-0.4, -0.2) is 86.8 Å². The number of phenols is 2. The van der Waals surface area contributed by atoms with Crippen LogP contribution in [-0.2, 0) is 29.0 Å². The van der Waals surface area contributed by atoms with Gasteiger partial charge in [0.15, 0.2) is 33.4 Å². The zero-order valence-corrected chi connectivity index (χ0v) is 18.2. The number of sulfone groups is 1. The largest absolute Gasteiger partial charge is 0.504 e. The van der Waals surface area contributed by atoms with Gasteiger partial charge in [-0.3, -0.25) is 9.59 Å². The van der Waals surface area contributed by atoms with Gasteiger partial charge in [-0.1, -0.05) is 6.07 Å². The Balaban J connectivity index is 1.54. The average Bonchev–Trinajstić information content (AvgIpc) is 3.17. The number of para-hydroxylation sites is 1. The summed E-state index contributed by atoms with van der Waals surface area (Å²) in [6.45, 7) is 2.66. The smallest absolute Gasteiger partial charge is 0.328 e. The number of aliphatic imine (C=N–C) groups is 1. The van der Waals surface area contributed by atoms with E-state index in [2.05, 4.69) is 15.5 Å². The zero-order chi connectivity index (χ0) is 24.3. The first kappa shape index (κ1) is 22.5. The molecule has 0 saturated carbocycles. The Bertz CT molecular complexity index is 1230. The van der Waals surface area contributed by atoms with Gasteiger partial charge in [0.2, 0.25) is 11.8 Å². The van der Waals surface area contributed by atoms with E-state index >= 15 is 0 Å². The molecule has 176 valence electrons. The number of rotatable bonds is 5. The first-order valence-electron chi connectivity index (χ1n) is 9.77. The summed E-state index contributed by atoms with van der Waals surface area (Å²) < 4.78 is 29.1. The Kier molecular flexibility index (Phi) is 5.07. The first-order chi connectivity index (χ1) is 15.4. The fourth-order valence-corrected chi connectivity index (χ4v) is 6.32. The highest BCUT2D eigenvalue weighted by molar-refractivity contribution is 7.94. The van der Waals surface area contributed by atoms with E-state index in [1.807, 2.05) is 0 Å². The fraction of sp³-hybridized carbons (Fsp3) is 0.421. The number of carboxylic acid groups (broad SMARTS) is 1. The lowest BCUT2D eigenvalue weighted by atomic mass is 9.97. The van der Waals surface area contributed by atoms with E-state index in [1.165, 1.54) is 25.1 Å². The number of fused-ring (bicyclic) bond motifs is 1. The second-order valence-electron chi connectivity index (χ2n) is 8.04. The fourth-order valence-electron chi connectivity index (χ4n) is 4.11. The number of carbonyl (C=O) groups is 3. The quantitative estimate of drug-likeness (QED) is 0.176. The van der Waals surface area contributed by atoms with Crippen molar-refractivity contribution in [3.05, 3.63) is 23.8 Å². The van der Waals surface area contributed by atoms with Gasteiger partial charge in [0, 0.05) is 6.21 Å². The monoisotopic (exact) mass is 480 g/mol. The molecule has 0 bridgehead atoms. The minimum atomic E-state index is -4.12. The van der Waals surface area contributed by atoms with Crippen molar-refractivity contribution in [2.45, 2.75) is 48.6 Å². The lowest BCUT2D eigenvalue weighted by Crippen LogP contribution is -2.57. The van der Waals surface area contributed by atoms with Crippen LogP contribution in [0.1, 0.15) is 25.8 Å². The molecule has 0 spiro atoms. The highest BCUT2D eigenvalue weighted by Gasteiger charge is 2.69. The van der Waals surface area contributed by atoms with Crippen molar-refractivity contribution in [3.8, 4) is 11.5 Å². The van der Waals surface area contributed by atoms with Gasteiger partial charge in [-0.05, 0) is 26.0 Å². The van der Waals surface area contributed by atoms with Gasteiger partial charge in [0.05, 0.1) is 12.0 Å². The van der Waals surface area contributed by atoms with Gasteiger partial charge in [0.1, 0.15) is 16.2 Å². The molecule has 4 rings (SSSR count). The number of nitrogens with one attached hydrogen (secondary N) is 1. The van der Waals surface area contributed by atoms with Crippen molar-refractivity contribution < 1.29 is 42.9 Å². The number of nitrogens with zero attached hydrogens (tertiary/aromatic N) is 3. The number of hydrogen-bond acceptors (Lipinski definition) is 10. The van der Waals surface area contributed by atoms with E-state index in [0.29, 0.717) is 0 Å². The molecule has 2 saturated heterocycles. The standard InChI is InChI=1S/C19H20N4O9S/c1-8-13(21-17(32-8)9-4-3-5-10(24)14(9)26)16(27)22-20-7-19(2)15(18(28)29)23-11(25)6-12(23)33(19,30)31/h3-5,7-8,12-13,15,24,26H,6H2,1-2H3,(H,22,27)(H,28,29)/b20-7+/t8-,12-,13+,15+,19+/m1/s1. The molecule has 5 atom stereocenters. The van der Waals surface area contributed by atoms with E-state index in [9.17, 15) is 38.1 Å². The second kappa shape index (κ2) is 7.43. The molecule has 0 radical (unpaired) electrons.